The molecule has 0 radical (unpaired) electrons. The van der Waals surface area contributed by atoms with Crippen LogP contribution in [-0.2, 0) is 0 Å². The first kappa shape index (κ1) is 17.0. The highest BCUT2D eigenvalue weighted by Crippen LogP contribution is 2.25. The van der Waals surface area contributed by atoms with Crippen LogP contribution in [0, 0.1) is 10.1 Å². The fourth-order valence-corrected chi connectivity index (χ4v) is 2.32. The quantitative estimate of drug-likeness (QED) is 0.545. The van der Waals surface area contributed by atoms with Crippen molar-refractivity contribution in [1.82, 2.24) is 5.48 Å². The Morgan fingerprint density at radius 2 is 1.35 bits per heavy atom. The summed E-state index contributed by atoms with van der Waals surface area (Å²) in [4.78, 5) is 29.6. The highest BCUT2D eigenvalue weighted by Gasteiger charge is 2.18. The van der Waals surface area contributed by atoms with Gasteiger partial charge in [-0.2, -0.15) is 5.48 Å². The number of hydroxylamine groups is 1. The smallest absolute Gasteiger partial charge is 0.359 e. The van der Waals surface area contributed by atoms with Gasteiger partial charge in [-0.15, -0.1) is 0 Å². The molecule has 1 N–H and O–H groups in total. The zero-order valence-electron chi connectivity index (χ0n) is 13.6. The van der Waals surface area contributed by atoms with Crippen molar-refractivity contribution in [1.29, 1.82) is 0 Å². The Bertz CT molecular complexity index is 844. The van der Waals surface area contributed by atoms with Gasteiger partial charge in [0.25, 0.3) is 5.69 Å². The van der Waals surface area contributed by atoms with Crippen LogP contribution in [0.25, 0.3) is 0 Å². The lowest BCUT2D eigenvalue weighted by molar-refractivity contribution is -0.384. The molecule has 7 nitrogen and oxygen atoms in total. The lowest BCUT2D eigenvalue weighted by Gasteiger charge is -2.23. The number of rotatable bonds is 5. The molecule has 130 valence electrons. The minimum absolute atomic E-state index is 0.0566. The van der Waals surface area contributed by atoms with Gasteiger partial charge in [0, 0.05) is 12.1 Å². The summed E-state index contributed by atoms with van der Waals surface area (Å²) < 4.78 is 0. The van der Waals surface area contributed by atoms with Crippen molar-refractivity contribution in [2.24, 2.45) is 0 Å². The summed E-state index contributed by atoms with van der Waals surface area (Å²) in [7, 11) is 0. The minimum Gasteiger partial charge on any atom is -0.378 e. The van der Waals surface area contributed by atoms with Crippen LogP contribution in [0.15, 0.2) is 84.9 Å². The monoisotopic (exact) mass is 349 g/mol. The number of nitro benzene ring substituents is 1. The number of anilines is 2. The summed E-state index contributed by atoms with van der Waals surface area (Å²) in [5, 5.41) is 10.7. The van der Waals surface area contributed by atoms with Gasteiger partial charge in [-0.1, -0.05) is 36.4 Å². The van der Waals surface area contributed by atoms with E-state index in [1.165, 1.54) is 29.2 Å². The first-order chi connectivity index (χ1) is 12.6. The molecule has 0 aliphatic heterocycles. The Kier molecular flexibility index (Phi) is 5.09. The summed E-state index contributed by atoms with van der Waals surface area (Å²) in [5.41, 5.74) is 3.65. The van der Waals surface area contributed by atoms with Crippen molar-refractivity contribution in [3.63, 3.8) is 0 Å². The van der Waals surface area contributed by atoms with Crippen molar-refractivity contribution in [2.45, 2.75) is 0 Å². The molecule has 3 aromatic carbocycles. The highest BCUT2D eigenvalue weighted by atomic mass is 16.7. The lowest BCUT2D eigenvalue weighted by atomic mass is 10.2. The number of benzene rings is 3. The van der Waals surface area contributed by atoms with E-state index in [2.05, 4.69) is 5.48 Å². The van der Waals surface area contributed by atoms with Crippen LogP contribution in [0.4, 0.5) is 21.9 Å². The van der Waals surface area contributed by atoms with Gasteiger partial charge in [0.2, 0.25) is 0 Å². The molecular weight excluding hydrogens is 334 g/mol. The normalized spacial score (nSPS) is 10.0. The predicted octanol–water partition coefficient (Wildman–Crippen LogP) is 4.44. The van der Waals surface area contributed by atoms with Crippen LogP contribution in [0.2, 0.25) is 0 Å². The Morgan fingerprint density at radius 1 is 0.846 bits per heavy atom. The van der Waals surface area contributed by atoms with E-state index in [1.54, 1.807) is 24.3 Å². The van der Waals surface area contributed by atoms with Gasteiger partial charge in [-0.25, -0.2) is 4.79 Å². The van der Waals surface area contributed by atoms with Crippen LogP contribution >= 0.6 is 0 Å². The SMILES string of the molecule is O=C(NOc1ccc([N+](=O)[O-])cc1)N(c1ccccc1)c1ccccc1. The number of nitrogens with zero attached hydrogens (tertiary/aromatic N) is 2. The maximum atomic E-state index is 12.7. The average Bonchev–Trinajstić information content (AvgIpc) is 2.68. The molecule has 7 heteroatoms. The molecular formula is C19H15N3O4. The minimum atomic E-state index is -0.505. The molecule has 2 amide bonds. The summed E-state index contributed by atoms with van der Waals surface area (Å²) in [6.45, 7) is 0. The average molecular weight is 349 g/mol. The molecule has 3 aromatic rings. The zero-order valence-corrected chi connectivity index (χ0v) is 13.6. The fourth-order valence-electron chi connectivity index (χ4n) is 2.32. The number of carbonyl (C=O) groups is 1. The van der Waals surface area contributed by atoms with Crippen molar-refractivity contribution in [2.75, 3.05) is 4.90 Å². The number of nitrogens with one attached hydrogen (secondary N) is 1. The van der Waals surface area contributed by atoms with Crippen molar-refractivity contribution >= 4 is 23.1 Å². The maximum absolute atomic E-state index is 12.7. The Balaban J connectivity index is 1.77. The summed E-state index contributed by atoms with van der Waals surface area (Å²) in [6.07, 6.45) is 0. The van der Waals surface area contributed by atoms with E-state index in [0.717, 1.165) is 0 Å². The topological polar surface area (TPSA) is 84.7 Å². The molecule has 0 unspecified atom stereocenters. The second kappa shape index (κ2) is 7.80. The fraction of sp³-hybridized carbons (Fsp3) is 0. The molecule has 26 heavy (non-hydrogen) atoms. The van der Waals surface area contributed by atoms with E-state index in [9.17, 15) is 14.9 Å². The third-order valence-corrected chi connectivity index (χ3v) is 3.54. The van der Waals surface area contributed by atoms with Crippen molar-refractivity contribution in [3.8, 4) is 5.75 Å². The predicted molar refractivity (Wildman–Crippen MR) is 97.3 cm³/mol. The van der Waals surface area contributed by atoms with Crippen molar-refractivity contribution in [3.05, 3.63) is 95.0 Å². The summed E-state index contributed by atoms with van der Waals surface area (Å²) >= 11 is 0. The van der Waals surface area contributed by atoms with Crippen LogP contribution < -0.4 is 15.2 Å². The standard InChI is InChI=1S/C19H15N3O4/c23-19(20-26-18-13-11-17(12-14-18)22(24)25)21(15-7-3-1-4-8-15)16-9-5-2-6-10-16/h1-14H,(H,20,23). The Morgan fingerprint density at radius 3 is 1.81 bits per heavy atom. The molecule has 3 rings (SSSR count). The molecule has 0 heterocycles. The third kappa shape index (κ3) is 3.96. The van der Waals surface area contributed by atoms with Crippen LogP contribution in [0.5, 0.6) is 5.75 Å². The second-order valence-electron chi connectivity index (χ2n) is 5.27. The Labute approximate surface area is 149 Å². The molecule has 0 saturated carbocycles. The number of para-hydroxylation sites is 2. The van der Waals surface area contributed by atoms with E-state index < -0.39 is 11.0 Å². The molecule has 0 aliphatic carbocycles. The zero-order chi connectivity index (χ0) is 18.4. The molecule has 0 spiro atoms. The van der Waals surface area contributed by atoms with Crippen LogP contribution in [0.1, 0.15) is 0 Å². The van der Waals surface area contributed by atoms with Gasteiger partial charge in [0.05, 0.1) is 16.3 Å². The van der Waals surface area contributed by atoms with Gasteiger partial charge < -0.3 is 4.84 Å². The highest BCUT2D eigenvalue weighted by molar-refractivity contribution is 5.98. The first-order valence-corrected chi connectivity index (χ1v) is 7.76. The van der Waals surface area contributed by atoms with E-state index in [1.807, 2.05) is 36.4 Å². The summed E-state index contributed by atoms with van der Waals surface area (Å²) in [5.74, 6) is 0.282. The number of nitro groups is 1. The van der Waals surface area contributed by atoms with Gasteiger partial charge >= 0.3 is 6.03 Å². The van der Waals surface area contributed by atoms with E-state index in [4.69, 9.17) is 4.84 Å². The van der Waals surface area contributed by atoms with Crippen molar-refractivity contribution < 1.29 is 14.6 Å². The number of hydrogen-bond donors (Lipinski definition) is 1. The molecule has 0 atom stereocenters. The molecule has 0 aromatic heterocycles. The van der Waals surface area contributed by atoms with E-state index >= 15 is 0 Å². The van der Waals surface area contributed by atoms with E-state index in [-0.39, 0.29) is 11.4 Å². The van der Waals surface area contributed by atoms with Gasteiger partial charge in [-0.3, -0.25) is 15.0 Å². The number of urea groups is 1. The van der Waals surface area contributed by atoms with Gasteiger partial charge in [0.15, 0.2) is 5.75 Å². The van der Waals surface area contributed by atoms with Gasteiger partial charge in [0.1, 0.15) is 0 Å². The maximum Gasteiger partial charge on any atom is 0.359 e. The molecule has 0 aliphatic rings. The third-order valence-electron chi connectivity index (χ3n) is 3.54. The first-order valence-electron chi connectivity index (χ1n) is 7.76. The van der Waals surface area contributed by atoms with Gasteiger partial charge in [-0.05, 0) is 36.4 Å². The largest absolute Gasteiger partial charge is 0.378 e. The van der Waals surface area contributed by atoms with Crippen LogP contribution in [-0.4, -0.2) is 11.0 Å². The lowest BCUT2D eigenvalue weighted by Crippen LogP contribution is -2.38. The number of carbonyl (C=O) groups excluding carboxylic acids is 1. The van der Waals surface area contributed by atoms with E-state index in [0.29, 0.717) is 11.4 Å². The summed E-state index contributed by atoms with van der Waals surface area (Å²) in [6, 6.07) is 23.2. The van der Waals surface area contributed by atoms with Crippen LogP contribution in [0.3, 0.4) is 0 Å². The Hall–Kier alpha value is -3.87. The molecule has 0 saturated heterocycles. The second-order valence-corrected chi connectivity index (χ2v) is 5.27. The number of amides is 2. The molecule has 0 bridgehead atoms. The number of non-ortho nitro benzene ring substituents is 1. The number of hydrogen-bond acceptors (Lipinski definition) is 4. The molecule has 0 fully saturated rings.